The lowest BCUT2D eigenvalue weighted by Gasteiger charge is -2.35. The molecule has 194 valence electrons. The molecule has 1 amide bonds. The minimum Gasteiger partial charge on any atom is -0.442 e. The number of oxazole rings is 1. The number of nitrogens with one attached hydrogen (secondary N) is 1. The van der Waals surface area contributed by atoms with Gasteiger partial charge in [-0.15, -0.1) is 0 Å². The van der Waals surface area contributed by atoms with Crippen molar-refractivity contribution in [1.82, 2.24) is 9.88 Å². The fourth-order valence-corrected chi connectivity index (χ4v) is 4.54. The van der Waals surface area contributed by atoms with Crippen LogP contribution in [0.4, 0.5) is 13.2 Å². The maximum absolute atomic E-state index is 12.9. The second kappa shape index (κ2) is 10.1. The largest absolute Gasteiger partial charge is 0.490 e. The van der Waals surface area contributed by atoms with Crippen LogP contribution in [-0.4, -0.2) is 34.8 Å². The Bertz CT molecular complexity index is 1410. The quantitative estimate of drug-likeness (QED) is 0.489. The van der Waals surface area contributed by atoms with Gasteiger partial charge in [-0.2, -0.15) is 18.4 Å². The molecule has 1 aromatic heterocycles. The van der Waals surface area contributed by atoms with Gasteiger partial charge in [-0.3, -0.25) is 9.36 Å². The number of fused-ring (bicyclic) bond motifs is 1. The van der Waals surface area contributed by atoms with Gasteiger partial charge in [0.15, 0.2) is 11.2 Å². The zero-order valence-electron chi connectivity index (χ0n) is 19.9. The van der Waals surface area contributed by atoms with Crippen LogP contribution in [0.2, 0.25) is 0 Å². The summed E-state index contributed by atoms with van der Waals surface area (Å²) in [7, 11) is 1.61. The molecule has 0 spiro atoms. The predicted octanol–water partition coefficient (Wildman–Crippen LogP) is 4.33. The highest BCUT2D eigenvalue weighted by Crippen LogP contribution is 2.34. The molecule has 0 aliphatic heterocycles. The zero-order chi connectivity index (χ0) is 26.8. The summed E-state index contributed by atoms with van der Waals surface area (Å²) in [6.45, 7) is -0.164. The second-order valence-electron chi connectivity index (χ2n) is 9.07. The highest BCUT2D eigenvalue weighted by Gasteiger charge is 2.50. The van der Waals surface area contributed by atoms with Gasteiger partial charge in [0.1, 0.15) is 0 Å². The fraction of sp³-hybridized carbons (Fsp3) is 0.385. The Labute approximate surface area is 209 Å². The van der Waals surface area contributed by atoms with E-state index >= 15 is 0 Å². The minimum absolute atomic E-state index is 0.0147. The van der Waals surface area contributed by atoms with Crippen LogP contribution < -0.4 is 11.1 Å². The third kappa shape index (κ3) is 5.38. The van der Waals surface area contributed by atoms with Crippen molar-refractivity contribution in [2.45, 2.75) is 49.8 Å². The van der Waals surface area contributed by atoms with Crippen molar-refractivity contribution in [3.63, 3.8) is 0 Å². The number of ether oxygens (including phenoxy) is 1. The third-order valence-corrected chi connectivity index (χ3v) is 6.65. The van der Waals surface area contributed by atoms with Crippen LogP contribution in [-0.2, 0) is 21.4 Å². The number of nitrogens with zero attached hydrogens (tertiary/aromatic N) is 2. The number of benzene rings is 2. The third-order valence-electron chi connectivity index (χ3n) is 6.65. The molecule has 8 nitrogen and oxygen atoms in total. The van der Waals surface area contributed by atoms with Crippen molar-refractivity contribution in [3.8, 4) is 17.2 Å². The Kier molecular flexibility index (Phi) is 7.12. The summed E-state index contributed by atoms with van der Waals surface area (Å²) in [5, 5.41) is 12.2. The van der Waals surface area contributed by atoms with E-state index in [0.717, 1.165) is 17.5 Å². The van der Waals surface area contributed by atoms with Crippen LogP contribution in [0.15, 0.2) is 51.7 Å². The molecule has 1 N–H and O–H groups in total. The summed E-state index contributed by atoms with van der Waals surface area (Å²) in [5.41, 5.74) is 1.42. The van der Waals surface area contributed by atoms with Gasteiger partial charge in [-0.25, -0.2) is 9.59 Å². The number of rotatable bonds is 6. The van der Waals surface area contributed by atoms with E-state index in [2.05, 4.69) is 11.4 Å². The Morgan fingerprint density at radius 3 is 2.41 bits per heavy atom. The van der Waals surface area contributed by atoms with Crippen molar-refractivity contribution in [1.29, 1.82) is 5.26 Å². The first-order chi connectivity index (χ1) is 17.5. The van der Waals surface area contributed by atoms with Gasteiger partial charge >= 0.3 is 17.9 Å². The van der Waals surface area contributed by atoms with Crippen LogP contribution in [0.5, 0.6) is 0 Å². The monoisotopic (exact) mass is 515 g/mol. The first-order valence-electron chi connectivity index (χ1n) is 11.7. The highest BCUT2D eigenvalue weighted by atomic mass is 19.4. The van der Waals surface area contributed by atoms with Gasteiger partial charge in [0.25, 0.3) is 5.91 Å². The number of hydrogen-bond donors (Lipinski definition) is 1. The van der Waals surface area contributed by atoms with E-state index in [-0.39, 0.29) is 19.4 Å². The normalized spacial score (nSPS) is 16.1. The smallest absolute Gasteiger partial charge is 0.442 e. The SMILES string of the molecule is Cn1c(=O)oc2ccc(-c3ccc(C(C#N)CNC(=O)C4(OC(=O)C(F)(F)F)CCCCC4)cc3)cc21. The van der Waals surface area contributed by atoms with E-state index in [1.165, 1.54) is 4.57 Å². The van der Waals surface area contributed by atoms with E-state index in [9.17, 15) is 32.8 Å². The number of amides is 1. The number of hydrogen-bond acceptors (Lipinski definition) is 6. The molecule has 4 rings (SSSR count). The highest BCUT2D eigenvalue weighted by molar-refractivity contribution is 5.89. The molecule has 1 heterocycles. The Balaban J connectivity index is 1.47. The van der Waals surface area contributed by atoms with Crippen LogP contribution >= 0.6 is 0 Å². The van der Waals surface area contributed by atoms with Crippen LogP contribution in [0, 0.1) is 11.3 Å². The molecule has 1 atom stereocenters. The summed E-state index contributed by atoms with van der Waals surface area (Å²) in [4.78, 5) is 36.1. The molecule has 11 heteroatoms. The average Bonchev–Trinajstić information content (AvgIpc) is 3.17. The van der Waals surface area contributed by atoms with Crippen molar-refractivity contribution < 1.29 is 31.9 Å². The molecule has 3 aromatic rings. The number of carbonyl (C=O) groups is 2. The number of aromatic nitrogens is 1. The summed E-state index contributed by atoms with van der Waals surface area (Å²) in [6.07, 6.45) is -3.63. The summed E-state index contributed by atoms with van der Waals surface area (Å²) < 4.78 is 49.7. The molecule has 0 bridgehead atoms. The van der Waals surface area contributed by atoms with Crippen molar-refractivity contribution in [2.75, 3.05) is 6.54 Å². The predicted molar refractivity (Wildman–Crippen MR) is 126 cm³/mol. The summed E-state index contributed by atoms with van der Waals surface area (Å²) in [6, 6.07) is 14.4. The van der Waals surface area contributed by atoms with Gasteiger partial charge in [-0.1, -0.05) is 36.8 Å². The lowest BCUT2D eigenvalue weighted by Crippen LogP contribution is -2.53. The summed E-state index contributed by atoms with van der Waals surface area (Å²) >= 11 is 0. The van der Waals surface area contributed by atoms with Gasteiger partial charge in [-0.05, 0) is 54.5 Å². The molecular formula is C26H24F3N3O5. The van der Waals surface area contributed by atoms with Gasteiger partial charge in [0.05, 0.1) is 17.5 Å². The molecule has 0 saturated heterocycles. The van der Waals surface area contributed by atoms with E-state index in [1.54, 1.807) is 43.4 Å². The number of nitriles is 1. The Morgan fingerprint density at radius 1 is 1.14 bits per heavy atom. The van der Waals surface area contributed by atoms with Crippen molar-refractivity contribution in [3.05, 3.63) is 58.6 Å². The maximum atomic E-state index is 12.9. The fourth-order valence-electron chi connectivity index (χ4n) is 4.54. The topological polar surface area (TPSA) is 114 Å². The average molecular weight is 515 g/mol. The number of esters is 1. The summed E-state index contributed by atoms with van der Waals surface area (Å²) in [5.74, 6) is -4.48. The first-order valence-corrected chi connectivity index (χ1v) is 11.7. The number of carbonyl (C=O) groups excluding carboxylic acids is 2. The molecule has 37 heavy (non-hydrogen) atoms. The van der Waals surface area contributed by atoms with E-state index < -0.39 is 35.3 Å². The van der Waals surface area contributed by atoms with Gasteiger partial charge < -0.3 is 14.5 Å². The standard InChI is InChI=1S/C26H24F3N3O5/c1-32-20-13-18(9-10-21(20)36-24(32)35)16-5-7-17(8-6-16)19(14-30)15-31-22(33)25(11-3-2-4-12-25)37-23(34)26(27,28)29/h5-10,13,19H,2-4,11-12,15H2,1H3,(H,31,33). The molecule has 1 aliphatic rings. The maximum Gasteiger partial charge on any atom is 0.490 e. The molecule has 1 saturated carbocycles. The second-order valence-corrected chi connectivity index (χ2v) is 9.07. The van der Waals surface area contributed by atoms with Crippen LogP contribution in [0.25, 0.3) is 22.2 Å². The van der Waals surface area contributed by atoms with Crippen LogP contribution in [0.3, 0.4) is 0 Å². The van der Waals surface area contributed by atoms with Crippen molar-refractivity contribution in [2.24, 2.45) is 7.05 Å². The van der Waals surface area contributed by atoms with Crippen molar-refractivity contribution >= 4 is 23.0 Å². The van der Waals surface area contributed by atoms with E-state index in [0.29, 0.717) is 29.5 Å². The number of halogens is 3. The Morgan fingerprint density at radius 2 is 1.78 bits per heavy atom. The van der Waals surface area contributed by atoms with Gasteiger partial charge in [0, 0.05) is 13.6 Å². The molecular weight excluding hydrogens is 491 g/mol. The van der Waals surface area contributed by atoms with Crippen LogP contribution in [0.1, 0.15) is 43.6 Å². The zero-order valence-corrected chi connectivity index (χ0v) is 19.9. The molecule has 1 fully saturated rings. The first kappa shape index (κ1) is 26.0. The lowest BCUT2D eigenvalue weighted by molar-refractivity contribution is -0.216. The minimum atomic E-state index is -5.21. The van der Waals surface area contributed by atoms with Gasteiger partial charge in [0.2, 0.25) is 0 Å². The Hall–Kier alpha value is -4.07. The number of alkyl halides is 3. The molecule has 2 aromatic carbocycles. The van der Waals surface area contributed by atoms with E-state index in [1.807, 2.05) is 6.07 Å². The lowest BCUT2D eigenvalue weighted by atomic mass is 9.83. The van der Waals surface area contributed by atoms with E-state index in [4.69, 9.17) is 9.15 Å². The molecule has 0 radical (unpaired) electrons. The molecule has 1 aliphatic carbocycles. The number of aryl methyl sites for hydroxylation is 1. The molecule has 1 unspecified atom stereocenters.